The maximum absolute atomic E-state index is 11.9. The third kappa shape index (κ3) is 6.57. The molecular weight excluding hydrogens is 364 g/mol. The summed E-state index contributed by atoms with van der Waals surface area (Å²) in [6.45, 7) is 3.20. The topological polar surface area (TPSA) is 135 Å². The molecule has 0 heterocycles. The lowest BCUT2D eigenvalue weighted by molar-refractivity contribution is -0.155. The largest absolute Gasteiger partial charge is 0.481 e. The van der Waals surface area contributed by atoms with Crippen LogP contribution in [0.2, 0.25) is 0 Å². The van der Waals surface area contributed by atoms with Crippen molar-refractivity contribution in [1.82, 2.24) is 0 Å². The molecule has 0 aliphatic heterocycles. The van der Waals surface area contributed by atoms with Gasteiger partial charge in [-0.3, -0.25) is 9.59 Å². The fourth-order valence-electron chi connectivity index (χ4n) is 4.09. The first kappa shape index (κ1) is 24.6. The summed E-state index contributed by atoms with van der Waals surface area (Å²) in [4.78, 5) is 23.5. The van der Waals surface area contributed by atoms with E-state index in [4.69, 9.17) is 5.11 Å². The van der Waals surface area contributed by atoms with E-state index in [0.29, 0.717) is 57.8 Å². The summed E-state index contributed by atoms with van der Waals surface area (Å²) in [5.74, 6) is -1.98. The van der Waals surface area contributed by atoms with E-state index in [2.05, 4.69) is 0 Å². The van der Waals surface area contributed by atoms with Gasteiger partial charge in [0.15, 0.2) is 0 Å². The number of rotatable bonds is 13. The molecule has 7 heteroatoms. The van der Waals surface area contributed by atoms with Crippen LogP contribution in [0.15, 0.2) is 12.2 Å². The number of unbranched alkanes of at least 4 members (excludes halogenated alkanes) is 1. The predicted molar refractivity (Wildman–Crippen MR) is 105 cm³/mol. The van der Waals surface area contributed by atoms with E-state index in [-0.39, 0.29) is 13.0 Å². The number of hydrogen-bond donors (Lipinski definition) is 5. The van der Waals surface area contributed by atoms with Gasteiger partial charge in [0.2, 0.25) is 0 Å². The van der Waals surface area contributed by atoms with Crippen LogP contribution in [0.3, 0.4) is 0 Å². The molecule has 0 radical (unpaired) electrons. The van der Waals surface area contributed by atoms with Gasteiger partial charge in [-0.2, -0.15) is 0 Å². The second-order valence-electron chi connectivity index (χ2n) is 8.62. The van der Waals surface area contributed by atoms with Crippen molar-refractivity contribution in [2.45, 2.75) is 89.8 Å². The molecule has 0 aromatic rings. The Bertz CT molecular complexity index is 561. The Hall–Kier alpha value is -1.44. The molecule has 0 saturated carbocycles. The number of aliphatic hydroxyl groups excluding tert-OH is 2. The minimum Gasteiger partial charge on any atom is -0.481 e. The maximum Gasteiger partial charge on any atom is 0.313 e. The molecule has 0 saturated heterocycles. The number of allylic oxidation sites excluding steroid dienone is 1. The van der Waals surface area contributed by atoms with Crippen LogP contribution in [-0.4, -0.2) is 55.8 Å². The summed E-state index contributed by atoms with van der Waals surface area (Å²) in [5.41, 5.74) is -3.13. The van der Waals surface area contributed by atoms with E-state index < -0.39 is 34.5 Å². The third-order valence-corrected chi connectivity index (χ3v) is 6.22. The molecule has 0 aromatic heterocycles. The Kier molecular flexibility index (Phi) is 9.11. The van der Waals surface area contributed by atoms with Gasteiger partial charge in [-0.15, -0.1) is 0 Å². The molecule has 4 unspecified atom stereocenters. The first-order valence-corrected chi connectivity index (χ1v) is 10.2. The summed E-state index contributed by atoms with van der Waals surface area (Å²) in [6, 6.07) is 0. The smallest absolute Gasteiger partial charge is 0.313 e. The van der Waals surface area contributed by atoms with Gasteiger partial charge in [0, 0.05) is 0 Å². The second kappa shape index (κ2) is 10.4. The summed E-state index contributed by atoms with van der Waals surface area (Å²) in [7, 11) is 0. The molecule has 1 aliphatic rings. The third-order valence-electron chi connectivity index (χ3n) is 6.22. The summed E-state index contributed by atoms with van der Waals surface area (Å²) in [6.07, 6.45) is 7.12. The van der Waals surface area contributed by atoms with Crippen LogP contribution in [0.1, 0.15) is 78.1 Å². The van der Waals surface area contributed by atoms with Gasteiger partial charge in [0.1, 0.15) is 0 Å². The number of carbonyl (C=O) groups is 2. The summed E-state index contributed by atoms with van der Waals surface area (Å²) in [5, 5.41) is 48.2. The number of aliphatic hydroxyl groups is 3. The fourth-order valence-corrected chi connectivity index (χ4v) is 4.09. The predicted octanol–water partition coefficient (Wildman–Crippen LogP) is 2.72. The average Bonchev–Trinajstić information content (AvgIpc) is 2.65. The lowest BCUT2D eigenvalue weighted by Gasteiger charge is -2.38. The van der Waals surface area contributed by atoms with E-state index in [1.807, 2.05) is 6.92 Å². The van der Waals surface area contributed by atoms with Crippen molar-refractivity contribution in [3.8, 4) is 0 Å². The van der Waals surface area contributed by atoms with E-state index >= 15 is 0 Å². The van der Waals surface area contributed by atoms with E-state index in [0.717, 1.165) is 0 Å². The fraction of sp³-hybridized carbons (Fsp3) is 0.810. The zero-order chi connectivity index (χ0) is 21.4. The van der Waals surface area contributed by atoms with Crippen LogP contribution < -0.4 is 0 Å². The molecule has 4 atom stereocenters. The minimum atomic E-state index is -1.18. The van der Waals surface area contributed by atoms with Crippen LogP contribution in [0.25, 0.3) is 0 Å². The van der Waals surface area contributed by atoms with E-state index in [1.54, 1.807) is 19.1 Å². The second-order valence-corrected chi connectivity index (χ2v) is 8.62. The standard InChI is InChI=1S/C21H36O7/c1-3-21(28,13-6-8-16(23)14-22)12-5-4-10-20(18(26)27)11-7-9-19(2,15-20)17(24)25/h7,11,16,22-23,28H,3-6,8-10,12-15H2,1-2H3,(H,24,25)(H,26,27). The Labute approximate surface area is 167 Å². The van der Waals surface area contributed by atoms with Gasteiger partial charge in [0.05, 0.1) is 29.1 Å². The number of aliphatic carboxylic acids is 2. The highest BCUT2D eigenvalue weighted by molar-refractivity contribution is 5.81. The van der Waals surface area contributed by atoms with Crippen LogP contribution in [0.4, 0.5) is 0 Å². The molecule has 0 bridgehead atoms. The van der Waals surface area contributed by atoms with Crippen LogP contribution in [-0.2, 0) is 9.59 Å². The molecular formula is C21H36O7. The molecule has 1 rings (SSSR count). The van der Waals surface area contributed by atoms with Crippen LogP contribution in [0, 0.1) is 10.8 Å². The van der Waals surface area contributed by atoms with Crippen LogP contribution >= 0.6 is 0 Å². The quantitative estimate of drug-likeness (QED) is 0.237. The van der Waals surface area contributed by atoms with Gasteiger partial charge in [-0.25, -0.2) is 0 Å². The zero-order valence-corrected chi connectivity index (χ0v) is 17.1. The molecule has 0 fully saturated rings. The highest BCUT2D eigenvalue weighted by Gasteiger charge is 2.48. The first-order chi connectivity index (χ1) is 13.0. The molecule has 162 valence electrons. The molecule has 0 amide bonds. The number of hydrogen-bond acceptors (Lipinski definition) is 5. The van der Waals surface area contributed by atoms with E-state index in [1.165, 1.54) is 0 Å². The highest BCUT2D eigenvalue weighted by Crippen LogP contribution is 2.46. The minimum absolute atomic E-state index is 0.0677. The molecule has 0 aromatic carbocycles. The molecule has 0 spiro atoms. The molecule has 5 N–H and O–H groups in total. The van der Waals surface area contributed by atoms with Crippen LogP contribution in [0.5, 0.6) is 0 Å². The Balaban J connectivity index is 2.61. The van der Waals surface area contributed by atoms with Crippen molar-refractivity contribution in [2.75, 3.05) is 6.61 Å². The van der Waals surface area contributed by atoms with E-state index in [9.17, 15) is 30.0 Å². The van der Waals surface area contributed by atoms with Crippen molar-refractivity contribution in [3.63, 3.8) is 0 Å². The summed E-state index contributed by atoms with van der Waals surface area (Å²) >= 11 is 0. The monoisotopic (exact) mass is 400 g/mol. The van der Waals surface area contributed by atoms with Gasteiger partial charge >= 0.3 is 11.9 Å². The highest BCUT2D eigenvalue weighted by atomic mass is 16.4. The Morgan fingerprint density at radius 2 is 1.79 bits per heavy atom. The van der Waals surface area contributed by atoms with Crippen molar-refractivity contribution in [2.24, 2.45) is 10.8 Å². The normalized spacial score (nSPS) is 27.9. The molecule has 1 aliphatic carbocycles. The molecule has 28 heavy (non-hydrogen) atoms. The van der Waals surface area contributed by atoms with Gasteiger partial charge < -0.3 is 25.5 Å². The lowest BCUT2D eigenvalue weighted by Crippen LogP contribution is -2.41. The maximum atomic E-state index is 11.9. The van der Waals surface area contributed by atoms with Crippen molar-refractivity contribution in [3.05, 3.63) is 12.2 Å². The Morgan fingerprint density at radius 1 is 1.14 bits per heavy atom. The van der Waals surface area contributed by atoms with Gasteiger partial charge in [-0.1, -0.05) is 31.9 Å². The first-order valence-electron chi connectivity index (χ1n) is 10.2. The zero-order valence-electron chi connectivity index (χ0n) is 17.1. The average molecular weight is 401 g/mol. The Morgan fingerprint density at radius 3 is 2.32 bits per heavy atom. The van der Waals surface area contributed by atoms with Crippen molar-refractivity contribution >= 4 is 11.9 Å². The van der Waals surface area contributed by atoms with Gasteiger partial charge in [-0.05, 0) is 58.3 Å². The summed E-state index contributed by atoms with van der Waals surface area (Å²) < 4.78 is 0. The molecule has 7 nitrogen and oxygen atoms in total. The van der Waals surface area contributed by atoms with Crippen molar-refractivity contribution in [1.29, 1.82) is 0 Å². The van der Waals surface area contributed by atoms with Gasteiger partial charge in [0.25, 0.3) is 0 Å². The number of carboxylic acids is 2. The lowest BCUT2D eigenvalue weighted by atomic mass is 9.64. The SMILES string of the molecule is CCC(O)(CCCCC1(C(=O)O)C=CCC(C)(C(=O)O)C1)CCCC(O)CO. The van der Waals surface area contributed by atoms with Crippen molar-refractivity contribution < 1.29 is 35.1 Å². The number of carboxylic acid groups (broad SMARTS) is 2.